The number of aliphatic carboxylic acids is 1. The highest BCUT2D eigenvalue weighted by molar-refractivity contribution is 6.31. The summed E-state index contributed by atoms with van der Waals surface area (Å²) in [7, 11) is 0. The van der Waals surface area contributed by atoms with E-state index in [2.05, 4.69) is 0 Å². The third-order valence-corrected chi connectivity index (χ3v) is 3.32. The molecule has 0 amide bonds. The van der Waals surface area contributed by atoms with E-state index in [0.29, 0.717) is 12.3 Å². The number of hydrogen-bond acceptors (Lipinski definition) is 1. The quantitative estimate of drug-likeness (QED) is 0.866. The third-order valence-electron chi connectivity index (χ3n) is 2.99. The number of carboxylic acids is 1. The molecule has 0 heterocycles. The first-order chi connectivity index (χ1) is 8.34. The topological polar surface area (TPSA) is 37.3 Å². The monoisotopic (exact) mass is 272 g/mol. The van der Waals surface area contributed by atoms with E-state index < -0.39 is 17.7 Å². The van der Waals surface area contributed by atoms with Gasteiger partial charge in [-0.1, -0.05) is 38.4 Å². The zero-order valence-corrected chi connectivity index (χ0v) is 11.5. The second kappa shape index (κ2) is 6.19. The van der Waals surface area contributed by atoms with Gasteiger partial charge in [-0.25, -0.2) is 4.39 Å². The van der Waals surface area contributed by atoms with Crippen LogP contribution in [0.15, 0.2) is 18.2 Å². The number of carboxylic acid groups (broad SMARTS) is 1. The Morgan fingerprint density at radius 1 is 1.39 bits per heavy atom. The van der Waals surface area contributed by atoms with Gasteiger partial charge in [0.25, 0.3) is 0 Å². The maximum absolute atomic E-state index is 13.8. The van der Waals surface area contributed by atoms with Crippen LogP contribution in [-0.2, 0) is 4.79 Å². The fourth-order valence-electron chi connectivity index (χ4n) is 2.34. The smallest absolute Gasteiger partial charge is 0.311 e. The largest absolute Gasteiger partial charge is 0.481 e. The molecule has 0 saturated carbocycles. The van der Waals surface area contributed by atoms with Gasteiger partial charge in [0, 0.05) is 10.6 Å². The summed E-state index contributed by atoms with van der Waals surface area (Å²) in [5.41, 5.74) is 0.0971. The fraction of sp³-hybridized carbons (Fsp3) is 0.500. The van der Waals surface area contributed by atoms with Gasteiger partial charge in [-0.3, -0.25) is 4.79 Å². The zero-order valence-electron chi connectivity index (χ0n) is 10.8. The average molecular weight is 273 g/mol. The molecule has 4 heteroatoms. The Hall–Kier alpha value is -1.09. The van der Waals surface area contributed by atoms with Gasteiger partial charge < -0.3 is 5.11 Å². The maximum atomic E-state index is 13.8. The summed E-state index contributed by atoms with van der Waals surface area (Å²) < 4.78 is 13.8. The zero-order chi connectivity index (χ0) is 13.9. The molecule has 0 spiro atoms. The van der Waals surface area contributed by atoms with Crippen molar-refractivity contribution < 1.29 is 14.3 Å². The summed E-state index contributed by atoms with van der Waals surface area (Å²) >= 11 is 5.95. The first kappa shape index (κ1) is 15.0. The molecule has 0 bridgehead atoms. The second-order valence-corrected chi connectivity index (χ2v) is 5.47. The minimum atomic E-state index is -1.03. The number of hydrogen-bond donors (Lipinski definition) is 1. The number of benzene rings is 1. The standard InChI is InChI=1S/C14H18ClFO2/c1-8(2)7-9(3)12(14(17)18)13-10(15)5-4-6-11(13)16/h4-6,8-9,12H,7H2,1-3H3,(H,17,18). The first-order valence-corrected chi connectivity index (χ1v) is 6.39. The van der Waals surface area contributed by atoms with Crippen molar-refractivity contribution in [3.8, 4) is 0 Å². The summed E-state index contributed by atoms with van der Waals surface area (Å²) in [6.45, 7) is 5.85. The van der Waals surface area contributed by atoms with Crippen molar-refractivity contribution in [1.82, 2.24) is 0 Å². The minimum absolute atomic E-state index is 0.0971. The van der Waals surface area contributed by atoms with Crippen LogP contribution in [0.4, 0.5) is 4.39 Å². The molecule has 0 radical (unpaired) electrons. The summed E-state index contributed by atoms with van der Waals surface area (Å²) in [4.78, 5) is 11.4. The highest BCUT2D eigenvalue weighted by Gasteiger charge is 2.31. The van der Waals surface area contributed by atoms with Crippen LogP contribution < -0.4 is 0 Å². The fourth-order valence-corrected chi connectivity index (χ4v) is 2.62. The van der Waals surface area contributed by atoms with Crippen molar-refractivity contribution in [3.05, 3.63) is 34.6 Å². The van der Waals surface area contributed by atoms with Gasteiger partial charge in [-0.2, -0.15) is 0 Å². The summed E-state index contributed by atoms with van der Waals surface area (Å²) in [5.74, 6) is -2.30. The van der Waals surface area contributed by atoms with Crippen LogP contribution in [0, 0.1) is 17.7 Å². The Morgan fingerprint density at radius 3 is 2.44 bits per heavy atom. The van der Waals surface area contributed by atoms with Crippen LogP contribution in [0.1, 0.15) is 38.7 Å². The van der Waals surface area contributed by atoms with Crippen molar-refractivity contribution in [2.45, 2.75) is 33.1 Å². The molecule has 0 fully saturated rings. The molecule has 2 nitrogen and oxygen atoms in total. The molecule has 0 aromatic heterocycles. The molecule has 2 atom stereocenters. The number of halogens is 2. The lowest BCUT2D eigenvalue weighted by atomic mass is 9.82. The van der Waals surface area contributed by atoms with E-state index in [9.17, 15) is 14.3 Å². The Kier molecular flexibility index (Phi) is 5.15. The average Bonchev–Trinajstić information content (AvgIpc) is 2.21. The van der Waals surface area contributed by atoms with E-state index in [1.54, 1.807) is 0 Å². The van der Waals surface area contributed by atoms with Crippen molar-refractivity contribution in [1.29, 1.82) is 0 Å². The molecule has 0 aliphatic rings. The molecule has 2 unspecified atom stereocenters. The Balaban J connectivity index is 3.16. The van der Waals surface area contributed by atoms with Gasteiger partial charge in [-0.15, -0.1) is 0 Å². The van der Waals surface area contributed by atoms with Gasteiger partial charge in [0.1, 0.15) is 5.82 Å². The predicted octanol–water partition coefficient (Wildman–Crippen LogP) is 4.33. The molecule has 0 saturated heterocycles. The van der Waals surface area contributed by atoms with Gasteiger partial charge in [-0.05, 0) is 30.4 Å². The summed E-state index contributed by atoms with van der Waals surface area (Å²) in [5, 5.41) is 9.51. The highest BCUT2D eigenvalue weighted by Crippen LogP contribution is 2.35. The van der Waals surface area contributed by atoms with Gasteiger partial charge >= 0.3 is 5.97 Å². The predicted molar refractivity (Wildman–Crippen MR) is 70.4 cm³/mol. The van der Waals surface area contributed by atoms with Crippen LogP contribution >= 0.6 is 11.6 Å². The van der Waals surface area contributed by atoms with Gasteiger partial charge in [0.15, 0.2) is 0 Å². The first-order valence-electron chi connectivity index (χ1n) is 6.01. The minimum Gasteiger partial charge on any atom is -0.481 e. The van der Waals surface area contributed by atoms with E-state index >= 15 is 0 Å². The lowest BCUT2D eigenvalue weighted by Crippen LogP contribution is -2.22. The van der Waals surface area contributed by atoms with Gasteiger partial charge in [0.05, 0.1) is 5.92 Å². The van der Waals surface area contributed by atoms with E-state index in [-0.39, 0.29) is 16.5 Å². The van der Waals surface area contributed by atoms with E-state index in [1.165, 1.54) is 18.2 Å². The lowest BCUT2D eigenvalue weighted by molar-refractivity contribution is -0.140. The normalized spacial score (nSPS) is 14.6. The van der Waals surface area contributed by atoms with Gasteiger partial charge in [0.2, 0.25) is 0 Å². The summed E-state index contributed by atoms with van der Waals surface area (Å²) in [6.07, 6.45) is 0.710. The van der Waals surface area contributed by atoms with E-state index in [1.807, 2.05) is 20.8 Å². The van der Waals surface area contributed by atoms with E-state index in [4.69, 9.17) is 11.6 Å². The molecule has 0 aliphatic heterocycles. The third kappa shape index (κ3) is 3.45. The number of carbonyl (C=O) groups is 1. The molecule has 18 heavy (non-hydrogen) atoms. The molecule has 100 valence electrons. The molecular weight excluding hydrogens is 255 g/mol. The summed E-state index contributed by atoms with van der Waals surface area (Å²) in [6, 6.07) is 4.25. The van der Waals surface area contributed by atoms with Crippen molar-refractivity contribution in [2.75, 3.05) is 0 Å². The molecule has 1 aromatic rings. The van der Waals surface area contributed by atoms with Crippen molar-refractivity contribution >= 4 is 17.6 Å². The molecule has 1 rings (SSSR count). The Bertz CT molecular complexity index is 412. The number of rotatable bonds is 5. The molecular formula is C14H18ClFO2. The second-order valence-electron chi connectivity index (χ2n) is 5.06. The van der Waals surface area contributed by atoms with Crippen LogP contribution in [0.5, 0.6) is 0 Å². The molecule has 1 N–H and O–H groups in total. The van der Waals surface area contributed by atoms with Crippen molar-refractivity contribution in [3.63, 3.8) is 0 Å². The SMILES string of the molecule is CC(C)CC(C)C(C(=O)O)c1c(F)cccc1Cl. The highest BCUT2D eigenvalue weighted by atomic mass is 35.5. The van der Waals surface area contributed by atoms with Crippen LogP contribution in [0.3, 0.4) is 0 Å². The van der Waals surface area contributed by atoms with Crippen LogP contribution in [0.2, 0.25) is 5.02 Å². The Labute approximate surface area is 112 Å². The van der Waals surface area contributed by atoms with Crippen LogP contribution in [-0.4, -0.2) is 11.1 Å². The molecule has 0 aliphatic carbocycles. The lowest BCUT2D eigenvalue weighted by Gasteiger charge is -2.23. The molecule has 1 aromatic carbocycles. The Morgan fingerprint density at radius 2 is 2.00 bits per heavy atom. The van der Waals surface area contributed by atoms with E-state index in [0.717, 1.165) is 0 Å². The maximum Gasteiger partial charge on any atom is 0.311 e. The van der Waals surface area contributed by atoms with Crippen molar-refractivity contribution in [2.24, 2.45) is 11.8 Å². The van der Waals surface area contributed by atoms with Crippen LogP contribution in [0.25, 0.3) is 0 Å².